The number of benzene rings is 2. The van der Waals surface area contributed by atoms with Crippen molar-refractivity contribution in [3.8, 4) is 6.07 Å². The third-order valence-corrected chi connectivity index (χ3v) is 3.77. The van der Waals surface area contributed by atoms with Crippen LogP contribution in [0.2, 0.25) is 0 Å². The molecular weight excluding hydrogens is 363 g/mol. The van der Waals surface area contributed by atoms with Crippen molar-refractivity contribution in [2.24, 2.45) is 10.1 Å². The summed E-state index contributed by atoms with van der Waals surface area (Å²) in [7, 11) is 0. The Morgan fingerprint density at radius 3 is 2.86 bits per heavy atom. The monoisotopic (exact) mass is 378 g/mol. The van der Waals surface area contributed by atoms with Crippen molar-refractivity contribution < 1.29 is 14.0 Å². The van der Waals surface area contributed by atoms with E-state index in [-0.39, 0.29) is 23.6 Å². The molecule has 1 aliphatic rings. The highest BCUT2D eigenvalue weighted by molar-refractivity contribution is 6.07. The van der Waals surface area contributed by atoms with E-state index in [0.29, 0.717) is 0 Å². The largest absolute Gasteiger partial charge is 0.325 e. The maximum atomic E-state index is 13.2. The molecule has 2 aromatic carbocycles. The summed E-state index contributed by atoms with van der Waals surface area (Å²) in [5, 5.41) is 18.0. The summed E-state index contributed by atoms with van der Waals surface area (Å²) in [5.74, 6) is -1.43. The number of hydrazone groups is 1. The number of carbonyl (C=O) groups excluding carboxylic acids is 2. The molecule has 1 aliphatic heterocycles. The summed E-state index contributed by atoms with van der Waals surface area (Å²) < 4.78 is 13.2. The number of amides is 2. The van der Waals surface area contributed by atoms with Gasteiger partial charge in [0.1, 0.15) is 17.9 Å². The zero-order valence-corrected chi connectivity index (χ0v) is 14.5. The van der Waals surface area contributed by atoms with Gasteiger partial charge in [-0.2, -0.15) is 10.4 Å². The fourth-order valence-electron chi connectivity index (χ4n) is 2.44. The average molecular weight is 378 g/mol. The maximum absolute atomic E-state index is 13.2. The number of anilines is 1. The highest BCUT2D eigenvalue weighted by atomic mass is 19.1. The van der Waals surface area contributed by atoms with Gasteiger partial charge in [-0.15, -0.1) is 0 Å². The van der Waals surface area contributed by atoms with E-state index in [2.05, 4.69) is 26.2 Å². The van der Waals surface area contributed by atoms with Gasteiger partial charge in [-0.05, 0) is 23.8 Å². The topological polar surface area (TPSA) is 119 Å². The number of hydrogen-bond donors (Lipinski definition) is 3. The Bertz CT molecular complexity index is 997. The van der Waals surface area contributed by atoms with E-state index >= 15 is 0 Å². The van der Waals surface area contributed by atoms with E-state index in [1.807, 2.05) is 30.3 Å². The predicted molar refractivity (Wildman–Crippen MR) is 101 cm³/mol. The van der Waals surface area contributed by atoms with Crippen LogP contribution < -0.4 is 16.1 Å². The number of aliphatic imine (C=N–C) groups is 1. The SMILES string of the molecule is N#Cc1cc(F)ccc1NC(=O)CC1N=C(NN=Cc2ccccc2)NC1=O. The molecule has 1 heterocycles. The van der Waals surface area contributed by atoms with Crippen molar-refractivity contribution in [1.82, 2.24) is 10.7 Å². The van der Waals surface area contributed by atoms with Crippen molar-refractivity contribution in [1.29, 1.82) is 5.26 Å². The maximum Gasteiger partial charge on any atom is 0.252 e. The molecule has 1 atom stereocenters. The molecule has 3 rings (SSSR count). The molecule has 0 spiro atoms. The van der Waals surface area contributed by atoms with Crippen molar-refractivity contribution >= 4 is 29.7 Å². The quantitative estimate of drug-likeness (QED) is 0.540. The van der Waals surface area contributed by atoms with Gasteiger partial charge in [-0.1, -0.05) is 30.3 Å². The predicted octanol–water partition coefficient (Wildman–Crippen LogP) is 1.50. The number of nitrogens with one attached hydrogen (secondary N) is 3. The highest BCUT2D eigenvalue weighted by Gasteiger charge is 2.28. The van der Waals surface area contributed by atoms with Crippen LogP contribution in [0.25, 0.3) is 0 Å². The summed E-state index contributed by atoms with van der Waals surface area (Å²) in [6.07, 6.45) is 1.33. The minimum atomic E-state index is -0.930. The molecule has 28 heavy (non-hydrogen) atoms. The van der Waals surface area contributed by atoms with E-state index in [1.165, 1.54) is 6.07 Å². The number of rotatable bonds is 5. The molecule has 140 valence electrons. The molecule has 0 bridgehead atoms. The molecule has 0 fully saturated rings. The lowest BCUT2D eigenvalue weighted by Gasteiger charge is -2.08. The van der Waals surface area contributed by atoms with E-state index in [9.17, 15) is 14.0 Å². The fourth-order valence-corrected chi connectivity index (χ4v) is 2.44. The first kappa shape index (κ1) is 18.7. The Morgan fingerprint density at radius 2 is 2.11 bits per heavy atom. The van der Waals surface area contributed by atoms with Crippen molar-refractivity contribution in [2.45, 2.75) is 12.5 Å². The molecule has 2 aromatic rings. The zero-order valence-electron chi connectivity index (χ0n) is 14.5. The third kappa shape index (κ3) is 4.76. The molecule has 2 amide bonds. The van der Waals surface area contributed by atoms with E-state index in [4.69, 9.17) is 5.26 Å². The number of halogens is 1. The molecule has 0 radical (unpaired) electrons. The standard InChI is InChI=1S/C19H15FN6O2/c20-14-6-7-15(13(8-14)10-21)23-17(27)9-16-18(28)25-19(24-16)26-22-11-12-4-2-1-3-5-12/h1-8,11,16H,9H2,(H,23,27)(H2,24,25,26,28). The first-order valence-electron chi connectivity index (χ1n) is 8.27. The molecular formula is C19H15FN6O2. The Labute approximate surface area is 159 Å². The molecule has 0 aromatic heterocycles. The summed E-state index contributed by atoms with van der Waals surface area (Å²) in [6, 6.07) is 13.6. The van der Waals surface area contributed by atoms with Crippen molar-refractivity contribution in [3.05, 3.63) is 65.5 Å². The number of nitriles is 1. The van der Waals surface area contributed by atoms with Crippen LogP contribution in [0, 0.1) is 17.1 Å². The normalized spacial score (nSPS) is 15.6. The third-order valence-electron chi connectivity index (χ3n) is 3.77. The van der Waals surface area contributed by atoms with Gasteiger partial charge in [-0.3, -0.25) is 14.9 Å². The van der Waals surface area contributed by atoms with Gasteiger partial charge in [0, 0.05) is 0 Å². The van der Waals surface area contributed by atoms with E-state index in [0.717, 1.165) is 17.7 Å². The van der Waals surface area contributed by atoms with Crippen LogP contribution in [0.5, 0.6) is 0 Å². The van der Waals surface area contributed by atoms with Gasteiger partial charge in [0.15, 0.2) is 0 Å². The summed E-state index contributed by atoms with van der Waals surface area (Å²) in [4.78, 5) is 28.2. The van der Waals surface area contributed by atoms with Gasteiger partial charge in [-0.25, -0.2) is 14.8 Å². The Kier molecular flexibility index (Phi) is 5.72. The second kappa shape index (κ2) is 8.55. The Hall–Kier alpha value is -4.06. The number of nitrogens with zero attached hydrogens (tertiary/aromatic N) is 3. The zero-order chi connectivity index (χ0) is 19.9. The second-order valence-corrected chi connectivity index (χ2v) is 5.82. The lowest BCUT2D eigenvalue weighted by atomic mass is 10.1. The average Bonchev–Trinajstić information content (AvgIpc) is 3.03. The van der Waals surface area contributed by atoms with Gasteiger partial charge >= 0.3 is 0 Å². The van der Waals surface area contributed by atoms with Crippen LogP contribution in [-0.2, 0) is 9.59 Å². The molecule has 1 unspecified atom stereocenters. The van der Waals surface area contributed by atoms with Crippen LogP contribution in [0.1, 0.15) is 17.5 Å². The van der Waals surface area contributed by atoms with Gasteiger partial charge < -0.3 is 5.32 Å². The highest BCUT2D eigenvalue weighted by Crippen LogP contribution is 2.17. The van der Waals surface area contributed by atoms with Gasteiger partial charge in [0.05, 0.1) is 23.9 Å². The fraction of sp³-hybridized carbons (Fsp3) is 0.105. The molecule has 0 saturated carbocycles. The smallest absolute Gasteiger partial charge is 0.252 e. The summed E-state index contributed by atoms with van der Waals surface area (Å²) in [6.45, 7) is 0. The first-order chi connectivity index (χ1) is 13.5. The Morgan fingerprint density at radius 1 is 1.32 bits per heavy atom. The Balaban J connectivity index is 1.58. The molecule has 0 saturated heterocycles. The molecule has 3 N–H and O–H groups in total. The van der Waals surface area contributed by atoms with Gasteiger partial charge in [0.25, 0.3) is 5.91 Å². The lowest BCUT2D eigenvalue weighted by Crippen LogP contribution is -2.35. The number of guanidine groups is 1. The second-order valence-electron chi connectivity index (χ2n) is 5.82. The molecule has 9 heteroatoms. The summed E-state index contributed by atoms with van der Waals surface area (Å²) in [5.41, 5.74) is 3.63. The van der Waals surface area contributed by atoms with E-state index in [1.54, 1.807) is 12.3 Å². The van der Waals surface area contributed by atoms with Crippen LogP contribution in [-0.4, -0.2) is 30.0 Å². The number of carbonyl (C=O) groups is 2. The van der Waals surface area contributed by atoms with Crippen LogP contribution >= 0.6 is 0 Å². The van der Waals surface area contributed by atoms with Crippen molar-refractivity contribution in [2.75, 3.05) is 5.32 Å². The minimum absolute atomic E-state index is 0.00895. The van der Waals surface area contributed by atoms with Crippen LogP contribution in [0.4, 0.5) is 10.1 Å². The summed E-state index contributed by atoms with van der Waals surface area (Å²) >= 11 is 0. The van der Waals surface area contributed by atoms with Crippen LogP contribution in [0.3, 0.4) is 0 Å². The van der Waals surface area contributed by atoms with Gasteiger partial charge in [0.2, 0.25) is 11.9 Å². The molecule has 8 nitrogen and oxygen atoms in total. The lowest BCUT2D eigenvalue weighted by molar-refractivity contribution is -0.123. The first-order valence-corrected chi connectivity index (χ1v) is 8.27. The number of hydrogen-bond acceptors (Lipinski definition) is 6. The van der Waals surface area contributed by atoms with E-state index < -0.39 is 23.7 Å². The van der Waals surface area contributed by atoms with Crippen molar-refractivity contribution in [3.63, 3.8) is 0 Å². The molecule has 0 aliphatic carbocycles. The van der Waals surface area contributed by atoms with Crippen LogP contribution in [0.15, 0.2) is 58.6 Å². The minimum Gasteiger partial charge on any atom is -0.325 e.